The highest BCUT2D eigenvalue weighted by Gasteiger charge is 2.49. The Morgan fingerprint density at radius 2 is 1.81 bits per heavy atom. The Labute approximate surface area is 157 Å². The minimum absolute atomic E-state index is 0.363. The molecule has 3 amide bonds. The molecule has 1 aliphatic heterocycles. The Balaban J connectivity index is 1.81. The lowest BCUT2D eigenvalue weighted by atomic mass is 9.92. The molecule has 142 valence electrons. The highest BCUT2D eigenvalue weighted by atomic mass is 16.5. The van der Waals surface area contributed by atoms with Gasteiger partial charge in [0.1, 0.15) is 17.9 Å². The van der Waals surface area contributed by atoms with Crippen LogP contribution in [0.15, 0.2) is 42.6 Å². The van der Waals surface area contributed by atoms with Gasteiger partial charge in [0.25, 0.3) is 5.91 Å². The van der Waals surface area contributed by atoms with Crippen LogP contribution < -0.4 is 19.7 Å². The Bertz CT molecular complexity index is 822. The number of carbonyl (C=O) groups excluding carboxylic acids is 2. The standard InChI is InChI=1S/C19H21N3O5/c1-19(13-4-7-15(26-3)8-5-13)17(23)22(18(24)21-19)14-6-9-16(20-12-14)27-11-10-25-2/h4-9,12H,10-11H2,1-3H3,(H,21,24)/t19-/m0/s1. The predicted octanol–water partition coefficient (Wildman–Crippen LogP) is 2.09. The number of amides is 3. The first-order chi connectivity index (χ1) is 13.0. The zero-order valence-electron chi connectivity index (χ0n) is 15.4. The van der Waals surface area contributed by atoms with Crippen molar-refractivity contribution in [1.82, 2.24) is 10.3 Å². The second-order valence-electron chi connectivity index (χ2n) is 6.12. The number of aromatic nitrogens is 1. The van der Waals surface area contributed by atoms with E-state index in [0.717, 1.165) is 4.90 Å². The smallest absolute Gasteiger partial charge is 0.330 e. The summed E-state index contributed by atoms with van der Waals surface area (Å²) in [7, 11) is 3.15. The summed E-state index contributed by atoms with van der Waals surface area (Å²) in [5.74, 6) is 0.678. The number of methoxy groups -OCH3 is 2. The van der Waals surface area contributed by atoms with Crippen molar-refractivity contribution >= 4 is 17.6 Å². The Morgan fingerprint density at radius 3 is 2.41 bits per heavy atom. The van der Waals surface area contributed by atoms with Crippen LogP contribution in [-0.2, 0) is 15.1 Å². The van der Waals surface area contributed by atoms with Gasteiger partial charge in [0, 0.05) is 13.2 Å². The number of pyridine rings is 1. The van der Waals surface area contributed by atoms with Crippen molar-refractivity contribution in [1.29, 1.82) is 0 Å². The molecule has 0 radical (unpaired) electrons. The van der Waals surface area contributed by atoms with Crippen molar-refractivity contribution in [2.24, 2.45) is 0 Å². The van der Waals surface area contributed by atoms with Crippen LogP contribution in [-0.4, -0.2) is 44.4 Å². The zero-order valence-corrected chi connectivity index (χ0v) is 15.4. The number of benzene rings is 1. The maximum atomic E-state index is 13.0. The molecular formula is C19H21N3O5. The van der Waals surface area contributed by atoms with Crippen molar-refractivity contribution in [3.8, 4) is 11.6 Å². The number of hydrogen-bond donors (Lipinski definition) is 1. The van der Waals surface area contributed by atoms with Gasteiger partial charge in [-0.2, -0.15) is 0 Å². The number of nitrogens with zero attached hydrogens (tertiary/aromatic N) is 2. The first-order valence-electron chi connectivity index (χ1n) is 8.38. The van der Waals surface area contributed by atoms with Crippen LogP contribution in [0.25, 0.3) is 0 Å². The summed E-state index contributed by atoms with van der Waals surface area (Å²) < 4.78 is 15.4. The van der Waals surface area contributed by atoms with E-state index >= 15 is 0 Å². The molecule has 0 bridgehead atoms. The summed E-state index contributed by atoms with van der Waals surface area (Å²) in [5, 5.41) is 2.76. The number of hydrogen-bond acceptors (Lipinski definition) is 6. The normalized spacial score (nSPS) is 19.1. The van der Waals surface area contributed by atoms with Gasteiger partial charge in [-0.3, -0.25) is 4.79 Å². The highest BCUT2D eigenvalue weighted by molar-refractivity contribution is 6.23. The van der Waals surface area contributed by atoms with Gasteiger partial charge in [0.05, 0.1) is 25.6 Å². The van der Waals surface area contributed by atoms with Gasteiger partial charge in [0.15, 0.2) is 0 Å². The summed E-state index contributed by atoms with van der Waals surface area (Å²) in [6, 6.07) is 9.72. The molecule has 0 saturated carbocycles. The Morgan fingerprint density at radius 1 is 1.07 bits per heavy atom. The number of carbonyl (C=O) groups is 2. The fourth-order valence-electron chi connectivity index (χ4n) is 2.81. The molecule has 1 saturated heterocycles. The number of rotatable bonds is 7. The van der Waals surface area contributed by atoms with Crippen LogP contribution in [0, 0.1) is 0 Å². The lowest BCUT2D eigenvalue weighted by Crippen LogP contribution is -2.40. The minimum Gasteiger partial charge on any atom is -0.497 e. The Kier molecular flexibility index (Phi) is 5.27. The van der Waals surface area contributed by atoms with Crippen LogP contribution in [0.3, 0.4) is 0 Å². The van der Waals surface area contributed by atoms with Gasteiger partial charge in [-0.25, -0.2) is 14.7 Å². The average Bonchev–Trinajstić information content (AvgIpc) is 2.92. The molecule has 1 fully saturated rings. The Hall–Kier alpha value is -3.13. The summed E-state index contributed by atoms with van der Waals surface area (Å²) in [5.41, 5.74) is -0.137. The predicted molar refractivity (Wildman–Crippen MR) is 98.0 cm³/mol. The molecular weight excluding hydrogens is 350 g/mol. The molecule has 1 atom stereocenters. The third kappa shape index (κ3) is 3.56. The van der Waals surface area contributed by atoms with E-state index < -0.39 is 11.6 Å². The van der Waals surface area contributed by atoms with Crippen molar-refractivity contribution in [2.75, 3.05) is 32.3 Å². The number of urea groups is 1. The molecule has 0 unspecified atom stereocenters. The second-order valence-corrected chi connectivity index (χ2v) is 6.12. The molecule has 8 nitrogen and oxygen atoms in total. The topological polar surface area (TPSA) is 90.0 Å². The van der Waals surface area contributed by atoms with Crippen molar-refractivity contribution < 1.29 is 23.8 Å². The zero-order chi connectivity index (χ0) is 19.4. The summed E-state index contributed by atoms with van der Waals surface area (Å²) in [4.78, 5) is 30.7. The number of nitrogens with one attached hydrogen (secondary N) is 1. The molecule has 1 aromatic heterocycles. The number of anilines is 1. The molecule has 27 heavy (non-hydrogen) atoms. The summed E-state index contributed by atoms with van der Waals surface area (Å²) in [6.45, 7) is 2.48. The van der Waals surface area contributed by atoms with Crippen molar-refractivity contribution in [3.05, 3.63) is 48.2 Å². The van der Waals surface area contributed by atoms with E-state index in [-0.39, 0.29) is 5.91 Å². The average molecular weight is 371 g/mol. The van der Waals surface area contributed by atoms with Gasteiger partial charge < -0.3 is 19.5 Å². The van der Waals surface area contributed by atoms with Crippen LogP contribution in [0.1, 0.15) is 12.5 Å². The van der Waals surface area contributed by atoms with Gasteiger partial charge in [-0.05, 0) is 30.7 Å². The first kappa shape index (κ1) is 18.7. The van der Waals surface area contributed by atoms with Gasteiger partial charge >= 0.3 is 6.03 Å². The van der Waals surface area contributed by atoms with E-state index in [4.69, 9.17) is 14.2 Å². The van der Waals surface area contributed by atoms with Crippen LogP contribution in [0.2, 0.25) is 0 Å². The molecule has 2 aromatic rings. The minimum atomic E-state index is -1.17. The SMILES string of the molecule is COCCOc1ccc(N2C(=O)N[C@@](C)(c3ccc(OC)cc3)C2=O)cn1. The second kappa shape index (κ2) is 7.63. The number of ether oxygens (including phenoxy) is 3. The molecule has 2 heterocycles. The largest absolute Gasteiger partial charge is 0.497 e. The van der Waals surface area contributed by atoms with Crippen molar-refractivity contribution in [3.63, 3.8) is 0 Å². The van der Waals surface area contributed by atoms with E-state index in [2.05, 4.69) is 10.3 Å². The third-order valence-corrected chi connectivity index (χ3v) is 4.37. The van der Waals surface area contributed by atoms with Gasteiger partial charge in [0.2, 0.25) is 5.88 Å². The molecule has 3 rings (SSSR count). The lowest BCUT2D eigenvalue weighted by molar-refractivity contribution is -0.121. The summed E-state index contributed by atoms with van der Waals surface area (Å²) in [6.07, 6.45) is 1.43. The van der Waals surface area contributed by atoms with E-state index in [1.165, 1.54) is 6.20 Å². The molecule has 1 aliphatic rings. The lowest BCUT2D eigenvalue weighted by Gasteiger charge is -2.22. The first-order valence-corrected chi connectivity index (χ1v) is 8.38. The van der Waals surface area contributed by atoms with E-state index in [0.29, 0.717) is 36.1 Å². The molecule has 1 N–H and O–H groups in total. The maximum Gasteiger partial charge on any atom is 0.330 e. The van der Waals surface area contributed by atoms with Crippen LogP contribution in [0.5, 0.6) is 11.6 Å². The van der Waals surface area contributed by atoms with E-state index in [9.17, 15) is 9.59 Å². The van der Waals surface area contributed by atoms with Crippen molar-refractivity contribution in [2.45, 2.75) is 12.5 Å². The molecule has 0 spiro atoms. The maximum absolute atomic E-state index is 13.0. The molecule has 0 aliphatic carbocycles. The van der Waals surface area contributed by atoms with Crippen LogP contribution >= 0.6 is 0 Å². The number of imide groups is 1. The van der Waals surface area contributed by atoms with E-state index in [1.54, 1.807) is 57.5 Å². The highest BCUT2D eigenvalue weighted by Crippen LogP contribution is 2.33. The van der Waals surface area contributed by atoms with E-state index in [1.807, 2.05) is 0 Å². The van der Waals surface area contributed by atoms with Gasteiger partial charge in [-0.15, -0.1) is 0 Å². The third-order valence-electron chi connectivity index (χ3n) is 4.37. The fraction of sp³-hybridized carbons (Fsp3) is 0.316. The monoisotopic (exact) mass is 371 g/mol. The van der Waals surface area contributed by atoms with Gasteiger partial charge in [-0.1, -0.05) is 12.1 Å². The molecule has 1 aromatic carbocycles. The molecule has 8 heteroatoms. The fourth-order valence-corrected chi connectivity index (χ4v) is 2.81. The summed E-state index contributed by atoms with van der Waals surface area (Å²) >= 11 is 0. The van der Waals surface area contributed by atoms with Crippen LogP contribution in [0.4, 0.5) is 10.5 Å². The quantitative estimate of drug-likeness (QED) is 0.592.